The molecule has 1 unspecified atom stereocenters. The molecule has 1 fully saturated rings. The van der Waals surface area contributed by atoms with Crippen LogP contribution in [0.4, 0.5) is 15.9 Å². The second-order valence-corrected chi connectivity index (χ2v) is 6.08. The maximum absolute atomic E-state index is 13.8. The van der Waals surface area contributed by atoms with Gasteiger partial charge in [-0.1, -0.05) is 0 Å². The predicted molar refractivity (Wildman–Crippen MR) is 94.8 cm³/mol. The van der Waals surface area contributed by atoms with Crippen molar-refractivity contribution in [1.29, 1.82) is 5.26 Å². The van der Waals surface area contributed by atoms with E-state index in [0.717, 1.165) is 11.9 Å². The minimum absolute atomic E-state index is 0.0590. The SMILES string of the molecule is N#CNC(=O)c1ccncc1Nc1nn(C2CCOC2)c2ccc(F)cc12. The molecule has 3 heterocycles. The summed E-state index contributed by atoms with van der Waals surface area (Å²) >= 11 is 0. The molecule has 136 valence electrons. The largest absolute Gasteiger partial charge is 0.379 e. The first-order valence-electron chi connectivity index (χ1n) is 8.33. The average Bonchev–Trinajstić information content (AvgIpc) is 3.31. The maximum atomic E-state index is 13.8. The molecule has 4 rings (SSSR count). The van der Waals surface area contributed by atoms with E-state index in [4.69, 9.17) is 10.00 Å². The summed E-state index contributed by atoms with van der Waals surface area (Å²) in [6, 6.07) is 6.00. The number of hydrogen-bond donors (Lipinski definition) is 2. The maximum Gasteiger partial charge on any atom is 0.266 e. The minimum Gasteiger partial charge on any atom is -0.379 e. The molecule has 1 saturated heterocycles. The molecule has 1 aromatic carbocycles. The smallest absolute Gasteiger partial charge is 0.266 e. The lowest BCUT2D eigenvalue weighted by atomic mass is 10.2. The monoisotopic (exact) mass is 366 g/mol. The van der Waals surface area contributed by atoms with Gasteiger partial charge in [-0.25, -0.2) is 4.39 Å². The summed E-state index contributed by atoms with van der Waals surface area (Å²) in [5, 5.41) is 19.0. The van der Waals surface area contributed by atoms with Crippen molar-refractivity contribution in [3.05, 3.63) is 48.0 Å². The molecule has 1 aliphatic heterocycles. The van der Waals surface area contributed by atoms with Crippen molar-refractivity contribution in [2.24, 2.45) is 0 Å². The van der Waals surface area contributed by atoms with E-state index in [-0.39, 0.29) is 17.4 Å². The lowest BCUT2D eigenvalue weighted by Crippen LogP contribution is -2.19. The number of aromatic nitrogens is 3. The Morgan fingerprint density at radius 3 is 3.07 bits per heavy atom. The van der Waals surface area contributed by atoms with Crippen LogP contribution in [0.2, 0.25) is 0 Å². The summed E-state index contributed by atoms with van der Waals surface area (Å²) in [5.74, 6) is -0.557. The molecule has 2 aromatic heterocycles. The van der Waals surface area contributed by atoms with Crippen LogP contribution in [-0.4, -0.2) is 33.9 Å². The molecule has 27 heavy (non-hydrogen) atoms. The van der Waals surface area contributed by atoms with Gasteiger partial charge in [0.1, 0.15) is 5.82 Å². The number of ether oxygens (including phenoxy) is 1. The molecule has 8 nitrogen and oxygen atoms in total. The lowest BCUT2D eigenvalue weighted by Gasteiger charge is -2.10. The topological polar surface area (TPSA) is 105 Å². The first-order chi connectivity index (χ1) is 13.2. The fraction of sp³-hybridized carbons (Fsp3) is 0.222. The van der Waals surface area contributed by atoms with Crippen molar-refractivity contribution in [3.8, 4) is 6.19 Å². The number of nitrogens with zero attached hydrogens (tertiary/aromatic N) is 4. The third-order valence-electron chi connectivity index (χ3n) is 4.41. The van der Waals surface area contributed by atoms with Crippen molar-refractivity contribution in [3.63, 3.8) is 0 Å². The van der Waals surface area contributed by atoms with E-state index >= 15 is 0 Å². The second kappa shape index (κ2) is 7.01. The minimum atomic E-state index is -0.568. The highest BCUT2D eigenvalue weighted by Crippen LogP contribution is 2.31. The lowest BCUT2D eigenvalue weighted by molar-refractivity contribution is 0.0973. The number of carbonyl (C=O) groups is 1. The molecule has 0 bridgehead atoms. The Hall–Kier alpha value is -3.51. The van der Waals surface area contributed by atoms with Gasteiger partial charge in [0.15, 0.2) is 12.0 Å². The zero-order valence-electron chi connectivity index (χ0n) is 14.1. The summed E-state index contributed by atoms with van der Waals surface area (Å²) in [6.07, 6.45) is 5.32. The van der Waals surface area contributed by atoms with Gasteiger partial charge in [0, 0.05) is 18.2 Å². The zero-order chi connectivity index (χ0) is 18.8. The molecular formula is C18H15FN6O2. The van der Waals surface area contributed by atoms with Crippen LogP contribution in [0.25, 0.3) is 10.9 Å². The number of hydrogen-bond acceptors (Lipinski definition) is 6. The molecule has 2 N–H and O–H groups in total. The third kappa shape index (κ3) is 3.18. The number of anilines is 2. The van der Waals surface area contributed by atoms with E-state index in [2.05, 4.69) is 20.7 Å². The number of nitrogens with one attached hydrogen (secondary N) is 2. The standard InChI is InChI=1S/C18H15FN6O2/c19-11-1-2-16-14(7-11)17(24-25(16)12-4-6-27-9-12)23-15-8-21-5-3-13(15)18(26)22-10-20/h1-3,5,7-8,12H,4,6,9H2,(H,22,26)(H,23,24). The van der Waals surface area contributed by atoms with Crippen LogP contribution in [0.5, 0.6) is 0 Å². The first kappa shape index (κ1) is 16.9. The van der Waals surface area contributed by atoms with Crippen LogP contribution in [-0.2, 0) is 4.74 Å². The van der Waals surface area contributed by atoms with Gasteiger partial charge in [-0.3, -0.25) is 19.8 Å². The summed E-state index contributed by atoms with van der Waals surface area (Å²) in [5.41, 5.74) is 1.36. The van der Waals surface area contributed by atoms with E-state index in [1.807, 2.05) is 4.68 Å². The summed E-state index contributed by atoms with van der Waals surface area (Å²) < 4.78 is 21.1. The van der Waals surface area contributed by atoms with E-state index in [0.29, 0.717) is 30.1 Å². The molecular weight excluding hydrogens is 351 g/mol. The van der Waals surface area contributed by atoms with Crippen LogP contribution in [0.3, 0.4) is 0 Å². The van der Waals surface area contributed by atoms with Crippen molar-refractivity contribution >= 4 is 28.3 Å². The fourth-order valence-corrected chi connectivity index (χ4v) is 3.14. The summed E-state index contributed by atoms with van der Waals surface area (Å²) in [7, 11) is 0. The quantitative estimate of drug-likeness (QED) is 0.543. The number of amides is 1. The Morgan fingerprint density at radius 2 is 2.30 bits per heavy atom. The van der Waals surface area contributed by atoms with E-state index in [1.54, 1.807) is 12.3 Å². The third-order valence-corrected chi connectivity index (χ3v) is 4.41. The van der Waals surface area contributed by atoms with Gasteiger partial charge in [-0.2, -0.15) is 10.4 Å². The summed E-state index contributed by atoms with van der Waals surface area (Å²) in [6.45, 7) is 1.19. The Bertz CT molecular complexity index is 1050. The Labute approximate surface area is 153 Å². The predicted octanol–water partition coefficient (Wildman–Crippen LogP) is 2.49. The molecule has 0 spiro atoms. The molecule has 1 amide bonds. The van der Waals surface area contributed by atoms with E-state index in [9.17, 15) is 9.18 Å². The molecule has 0 saturated carbocycles. The first-order valence-corrected chi connectivity index (χ1v) is 8.33. The Balaban J connectivity index is 1.78. The fourth-order valence-electron chi connectivity index (χ4n) is 3.14. The van der Waals surface area contributed by atoms with Gasteiger partial charge in [-0.05, 0) is 30.7 Å². The van der Waals surface area contributed by atoms with Gasteiger partial charge in [0.25, 0.3) is 5.91 Å². The van der Waals surface area contributed by atoms with Gasteiger partial charge in [0.2, 0.25) is 0 Å². The number of nitriles is 1. The van der Waals surface area contributed by atoms with Crippen LogP contribution in [0.15, 0.2) is 36.7 Å². The molecule has 0 aliphatic carbocycles. The van der Waals surface area contributed by atoms with Crippen LogP contribution >= 0.6 is 0 Å². The normalized spacial score (nSPS) is 16.2. The van der Waals surface area contributed by atoms with Gasteiger partial charge < -0.3 is 10.1 Å². The van der Waals surface area contributed by atoms with Crippen molar-refractivity contribution in [2.75, 3.05) is 18.5 Å². The highest BCUT2D eigenvalue weighted by atomic mass is 19.1. The number of carbonyl (C=O) groups excluding carboxylic acids is 1. The van der Waals surface area contributed by atoms with Gasteiger partial charge in [0.05, 0.1) is 35.6 Å². The number of halogens is 1. The average molecular weight is 366 g/mol. The highest BCUT2D eigenvalue weighted by Gasteiger charge is 2.23. The molecule has 9 heteroatoms. The van der Waals surface area contributed by atoms with E-state index in [1.165, 1.54) is 30.6 Å². The molecule has 3 aromatic rings. The van der Waals surface area contributed by atoms with Gasteiger partial charge >= 0.3 is 0 Å². The molecule has 0 radical (unpaired) electrons. The number of rotatable bonds is 4. The highest BCUT2D eigenvalue weighted by molar-refractivity contribution is 6.02. The Morgan fingerprint density at radius 1 is 1.41 bits per heavy atom. The van der Waals surface area contributed by atoms with Crippen LogP contribution < -0.4 is 10.6 Å². The van der Waals surface area contributed by atoms with Crippen LogP contribution in [0, 0.1) is 17.3 Å². The number of pyridine rings is 1. The van der Waals surface area contributed by atoms with Crippen molar-refractivity contribution in [2.45, 2.75) is 12.5 Å². The van der Waals surface area contributed by atoms with Crippen molar-refractivity contribution < 1.29 is 13.9 Å². The molecule has 1 aliphatic rings. The zero-order valence-corrected chi connectivity index (χ0v) is 14.1. The van der Waals surface area contributed by atoms with E-state index < -0.39 is 5.91 Å². The Kier molecular flexibility index (Phi) is 4.40. The number of benzene rings is 1. The number of fused-ring (bicyclic) bond motifs is 1. The second-order valence-electron chi connectivity index (χ2n) is 6.08. The van der Waals surface area contributed by atoms with Crippen LogP contribution in [0.1, 0.15) is 22.8 Å². The summed E-state index contributed by atoms with van der Waals surface area (Å²) in [4.78, 5) is 16.1. The van der Waals surface area contributed by atoms with Crippen molar-refractivity contribution in [1.82, 2.24) is 20.1 Å². The van der Waals surface area contributed by atoms with Gasteiger partial charge in [-0.15, -0.1) is 0 Å². The molecule has 1 atom stereocenters.